The van der Waals surface area contributed by atoms with Gasteiger partial charge in [0, 0.05) is 28.9 Å². The van der Waals surface area contributed by atoms with E-state index in [0.29, 0.717) is 19.1 Å². The third kappa shape index (κ3) is 4.12. The minimum atomic E-state index is -0.256. The Morgan fingerprint density at radius 3 is 2.89 bits per heavy atom. The first-order chi connectivity index (χ1) is 13.7. The van der Waals surface area contributed by atoms with E-state index in [-0.39, 0.29) is 12.4 Å². The number of carbonyl (C=O) groups excluding carboxylic acids is 1. The standard InChI is InChI=1S/C22H26N2O4/c1-2-26-21(25)14-16-15-28-19-8-7-18-17(22(16)19)6-9-20(23-18)27-13-5-12-24-10-3-4-11-24/h6-9,15H,2-5,10-14H2,1H3. The van der Waals surface area contributed by atoms with Crippen molar-refractivity contribution in [2.75, 3.05) is 32.8 Å². The van der Waals surface area contributed by atoms with Gasteiger partial charge in [-0.15, -0.1) is 0 Å². The van der Waals surface area contributed by atoms with Crippen LogP contribution in [0.25, 0.3) is 21.9 Å². The molecule has 0 saturated carbocycles. The molecule has 0 radical (unpaired) electrons. The lowest BCUT2D eigenvalue weighted by molar-refractivity contribution is -0.142. The lowest BCUT2D eigenvalue weighted by Crippen LogP contribution is -2.21. The first kappa shape index (κ1) is 18.7. The molecular formula is C22H26N2O4. The van der Waals surface area contributed by atoms with Crippen LogP contribution in [0.3, 0.4) is 0 Å². The number of benzene rings is 1. The fraction of sp³-hybridized carbons (Fsp3) is 0.455. The molecule has 0 aliphatic carbocycles. The summed E-state index contributed by atoms with van der Waals surface area (Å²) in [5.74, 6) is 0.372. The van der Waals surface area contributed by atoms with Gasteiger partial charge in [-0.1, -0.05) is 0 Å². The smallest absolute Gasteiger partial charge is 0.310 e. The van der Waals surface area contributed by atoms with Gasteiger partial charge < -0.3 is 18.8 Å². The average Bonchev–Trinajstić information content (AvgIpc) is 3.35. The Bertz CT molecular complexity index is 960. The van der Waals surface area contributed by atoms with Gasteiger partial charge in [-0.25, -0.2) is 4.98 Å². The molecule has 1 aliphatic rings. The van der Waals surface area contributed by atoms with E-state index in [1.165, 1.54) is 25.9 Å². The SMILES string of the molecule is CCOC(=O)Cc1coc2ccc3nc(OCCCN4CCCC4)ccc3c12. The van der Waals surface area contributed by atoms with Crippen LogP contribution in [0.1, 0.15) is 31.7 Å². The second kappa shape index (κ2) is 8.61. The number of aromatic nitrogens is 1. The Kier molecular flexibility index (Phi) is 5.76. The Morgan fingerprint density at radius 2 is 2.07 bits per heavy atom. The van der Waals surface area contributed by atoms with Crippen LogP contribution in [0, 0.1) is 0 Å². The lowest BCUT2D eigenvalue weighted by atomic mass is 10.1. The molecule has 4 rings (SSSR count). The number of fused-ring (bicyclic) bond motifs is 3. The summed E-state index contributed by atoms with van der Waals surface area (Å²) in [5.41, 5.74) is 2.39. The third-order valence-corrected chi connectivity index (χ3v) is 5.16. The molecule has 3 heterocycles. The number of rotatable bonds is 8. The first-order valence-electron chi connectivity index (χ1n) is 10.0. The molecule has 0 N–H and O–H groups in total. The molecule has 1 aliphatic heterocycles. The molecule has 6 heteroatoms. The van der Waals surface area contributed by atoms with Crippen molar-refractivity contribution in [1.29, 1.82) is 0 Å². The summed E-state index contributed by atoms with van der Waals surface area (Å²) in [6, 6.07) is 7.69. The number of hydrogen-bond donors (Lipinski definition) is 0. The third-order valence-electron chi connectivity index (χ3n) is 5.16. The van der Waals surface area contributed by atoms with Crippen molar-refractivity contribution in [2.24, 2.45) is 0 Å². The predicted molar refractivity (Wildman–Crippen MR) is 108 cm³/mol. The van der Waals surface area contributed by atoms with Crippen LogP contribution in [0.15, 0.2) is 34.9 Å². The van der Waals surface area contributed by atoms with Crippen molar-refractivity contribution in [3.05, 3.63) is 36.1 Å². The van der Waals surface area contributed by atoms with Crippen LogP contribution >= 0.6 is 0 Å². The van der Waals surface area contributed by atoms with Crippen LogP contribution < -0.4 is 4.74 Å². The second-order valence-corrected chi connectivity index (χ2v) is 7.15. The summed E-state index contributed by atoms with van der Waals surface area (Å²) in [5, 5.41) is 1.87. The zero-order valence-electron chi connectivity index (χ0n) is 16.3. The first-order valence-corrected chi connectivity index (χ1v) is 10.0. The molecule has 0 bridgehead atoms. The Morgan fingerprint density at radius 1 is 1.21 bits per heavy atom. The van der Waals surface area contributed by atoms with Gasteiger partial charge in [0.2, 0.25) is 5.88 Å². The molecule has 2 aromatic heterocycles. The molecule has 148 valence electrons. The highest BCUT2D eigenvalue weighted by atomic mass is 16.5. The number of carbonyl (C=O) groups is 1. The monoisotopic (exact) mass is 382 g/mol. The van der Waals surface area contributed by atoms with Crippen LogP contribution in [0.5, 0.6) is 5.88 Å². The van der Waals surface area contributed by atoms with Gasteiger partial charge in [0.05, 0.1) is 31.4 Å². The highest BCUT2D eigenvalue weighted by Crippen LogP contribution is 2.30. The van der Waals surface area contributed by atoms with Gasteiger partial charge in [0.25, 0.3) is 0 Å². The summed E-state index contributed by atoms with van der Waals surface area (Å²) >= 11 is 0. The summed E-state index contributed by atoms with van der Waals surface area (Å²) in [4.78, 5) is 19.0. The van der Waals surface area contributed by atoms with Crippen LogP contribution in [0.2, 0.25) is 0 Å². The van der Waals surface area contributed by atoms with Gasteiger partial charge in [-0.2, -0.15) is 0 Å². The minimum absolute atomic E-state index is 0.189. The van der Waals surface area contributed by atoms with Crippen LogP contribution in [-0.4, -0.2) is 48.7 Å². The normalized spacial score (nSPS) is 14.8. The number of esters is 1. The van der Waals surface area contributed by atoms with E-state index >= 15 is 0 Å². The maximum Gasteiger partial charge on any atom is 0.310 e. The van der Waals surface area contributed by atoms with E-state index in [9.17, 15) is 4.79 Å². The van der Waals surface area contributed by atoms with Gasteiger partial charge in [-0.3, -0.25) is 4.79 Å². The molecule has 1 fully saturated rings. The van der Waals surface area contributed by atoms with Crippen molar-refractivity contribution in [3.63, 3.8) is 0 Å². The number of furan rings is 1. The zero-order chi connectivity index (χ0) is 19.3. The molecule has 0 atom stereocenters. The second-order valence-electron chi connectivity index (χ2n) is 7.15. The zero-order valence-corrected chi connectivity index (χ0v) is 16.3. The highest BCUT2D eigenvalue weighted by Gasteiger charge is 2.15. The van der Waals surface area contributed by atoms with Gasteiger partial charge in [0.15, 0.2) is 0 Å². The van der Waals surface area contributed by atoms with Gasteiger partial charge >= 0.3 is 5.97 Å². The molecule has 3 aromatic rings. The molecule has 1 aromatic carbocycles. The van der Waals surface area contributed by atoms with Crippen molar-refractivity contribution >= 4 is 27.8 Å². The summed E-state index contributed by atoms with van der Waals surface area (Å²) in [6.45, 7) is 6.34. The van der Waals surface area contributed by atoms with Gasteiger partial charge in [0.1, 0.15) is 5.58 Å². The van der Waals surface area contributed by atoms with E-state index < -0.39 is 0 Å². The summed E-state index contributed by atoms with van der Waals surface area (Å²) in [7, 11) is 0. The minimum Gasteiger partial charge on any atom is -0.478 e. The molecule has 28 heavy (non-hydrogen) atoms. The fourth-order valence-corrected chi connectivity index (χ4v) is 3.84. The lowest BCUT2D eigenvalue weighted by Gasteiger charge is -2.14. The molecular weight excluding hydrogens is 356 g/mol. The van der Waals surface area contributed by atoms with E-state index in [1.54, 1.807) is 13.2 Å². The Hall–Kier alpha value is -2.60. The number of hydrogen-bond acceptors (Lipinski definition) is 6. The van der Waals surface area contributed by atoms with Crippen molar-refractivity contribution in [3.8, 4) is 5.88 Å². The maximum atomic E-state index is 11.9. The van der Waals surface area contributed by atoms with Crippen molar-refractivity contribution in [2.45, 2.75) is 32.6 Å². The van der Waals surface area contributed by atoms with Crippen molar-refractivity contribution < 1.29 is 18.7 Å². The predicted octanol–water partition coefficient (Wildman–Crippen LogP) is 3.95. The van der Waals surface area contributed by atoms with Crippen LogP contribution in [0.4, 0.5) is 0 Å². The molecule has 0 unspecified atom stereocenters. The number of ether oxygens (including phenoxy) is 2. The molecule has 1 saturated heterocycles. The molecule has 6 nitrogen and oxygen atoms in total. The fourth-order valence-electron chi connectivity index (χ4n) is 3.84. The van der Waals surface area contributed by atoms with E-state index in [1.807, 2.05) is 24.3 Å². The summed E-state index contributed by atoms with van der Waals surface area (Å²) in [6.07, 6.45) is 5.45. The van der Waals surface area contributed by atoms with E-state index in [2.05, 4.69) is 9.88 Å². The van der Waals surface area contributed by atoms with Crippen LogP contribution in [-0.2, 0) is 16.0 Å². The topological polar surface area (TPSA) is 64.8 Å². The maximum absolute atomic E-state index is 11.9. The Balaban J connectivity index is 1.48. The summed E-state index contributed by atoms with van der Waals surface area (Å²) < 4.78 is 16.5. The largest absolute Gasteiger partial charge is 0.478 e. The number of pyridine rings is 1. The number of likely N-dealkylation sites (tertiary alicyclic amines) is 1. The van der Waals surface area contributed by atoms with Gasteiger partial charge in [-0.05, 0) is 57.5 Å². The van der Waals surface area contributed by atoms with E-state index in [0.717, 1.165) is 40.4 Å². The highest BCUT2D eigenvalue weighted by molar-refractivity contribution is 6.07. The van der Waals surface area contributed by atoms with E-state index in [4.69, 9.17) is 13.9 Å². The molecule has 0 amide bonds. The Labute approximate surface area is 164 Å². The molecule has 0 spiro atoms. The van der Waals surface area contributed by atoms with Crippen molar-refractivity contribution in [1.82, 2.24) is 9.88 Å². The quantitative estimate of drug-likeness (QED) is 0.434. The average molecular weight is 382 g/mol. The number of nitrogens with zero attached hydrogens (tertiary/aromatic N) is 2.